The van der Waals surface area contributed by atoms with Gasteiger partial charge < -0.3 is 18.8 Å². The van der Waals surface area contributed by atoms with Crippen molar-refractivity contribution in [1.29, 1.82) is 0 Å². The quantitative estimate of drug-likeness (QED) is 0.302. The van der Waals surface area contributed by atoms with Crippen molar-refractivity contribution >= 4 is 0 Å². The van der Waals surface area contributed by atoms with Crippen molar-refractivity contribution in [2.45, 2.75) is 38.0 Å². The maximum absolute atomic E-state index is 13.1. The highest BCUT2D eigenvalue weighted by Gasteiger charge is 2.35. The number of nitrogens with zero attached hydrogens (tertiary/aromatic N) is 6. The lowest BCUT2D eigenvalue weighted by Gasteiger charge is -2.18. The molecule has 5 rings (SSSR count). The van der Waals surface area contributed by atoms with Crippen LogP contribution >= 0.6 is 0 Å². The Kier molecular flexibility index (Phi) is 6.64. The lowest BCUT2D eigenvalue weighted by molar-refractivity contribution is -0.140. The molecule has 0 radical (unpaired) electrons. The van der Waals surface area contributed by atoms with Gasteiger partial charge in [0.2, 0.25) is 5.88 Å². The summed E-state index contributed by atoms with van der Waals surface area (Å²) in [5.41, 5.74) is 1.84. The largest absolute Gasteiger partial charge is 0.490 e. The summed E-state index contributed by atoms with van der Waals surface area (Å²) in [6, 6.07) is 6.95. The van der Waals surface area contributed by atoms with Crippen LogP contribution in [0.4, 0.5) is 13.2 Å². The van der Waals surface area contributed by atoms with E-state index in [1.54, 1.807) is 24.3 Å². The maximum atomic E-state index is 13.1. The second-order valence-electron chi connectivity index (χ2n) is 8.93. The molecule has 1 atom stereocenters. The van der Waals surface area contributed by atoms with Crippen LogP contribution in [-0.2, 0) is 13.2 Å². The first-order valence-electron chi connectivity index (χ1n) is 11.9. The Morgan fingerprint density at radius 1 is 0.974 bits per heavy atom. The van der Waals surface area contributed by atoms with E-state index in [2.05, 4.69) is 24.9 Å². The average molecular weight is 527 g/mol. The number of ether oxygens (including phenoxy) is 3. The van der Waals surface area contributed by atoms with Gasteiger partial charge in [0.15, 0.2) is 17.3 Å². The van der Waals surface area contributed by atoms with Gasteiger partial charge in [-0.05, 0) is 25.3 Å². The number of benzene rings is 1. The minimum absolute atomic E-state index is 0.213. The molecular weight excluding hydrogens is 501 g/mol. The number of methoxy groups -OCH3 is 2. The highest BCUT2D eigenvalue weighted by Crippen LogP contribution is 2.45. The van der Waals surface area contributed by atoms with Gasteiger partial charge in [-0.25, -0.2) is 19.9 Å². The van der Waals surface area contributed by atoms with Gasteiger partial charge in [0, 0.05) is 24.7 Å². The van der Waals surface area contributed by atoms with Gasteiger partial charge in [-0.1, -0.05) is 24.3 Å². The molecule has 3 aromatic heterocycles. The first-order chi connectivity index (χ1) is 18.2. The smallest absolute Gasteiger partial charge is 0.434 e. The number of imidazole rings is 1. The zero-order chi connectivity index (χ0) is 27.0. The third-order valence-corrected chi connectivity index (χ3v) is 6.26. The van der Waals surface area contributed by atoms with Crippen molar-refractivity contribution in [3.05, 3.63) is 59.9 Å². The van der Waals surface area contributed by atoms with Crippen LogP contribution in [0.5, 0.6) is 17.5 Å². The van der Waals surface area contributed by atoms with Crippen LogP contribution < -0.4 is 14.2 Å². The standard InChI is InChI=1S/C26H25F3N6O3/c1-14(15-5-9-17(10-6-15)23-33-19(12-35(23)2)26(27,28)29)38-24-18(36-3)11-30-22(34-24)20-21(16-7-8-16)31-13-32-25(20)37-4/h5-6,9-14,16H,7-8H2,1-4H3/t14-/m0/s1. The predicted molar refractivity (Wildman–Crippen MR) is 131 cm³/mol. The van der Waals surface area contributed by atoms with Crippen LogP contribution in [0, 0.1) is 0 Å². The molecule has 4 aromatic rings. The Morgan fingerprint density at radius 3 is 2.32 bits per heavy atom. The van der Waals surface area contributed by atoms with Crippen LogP contribution in [0.25, 0.3) is 22.8 Å². The Morgan fingerprint density at radius 2 is 1.71 bits per heavy atom. The number of hydrogen-bond donors (Lipinski definition) is 0. The number of aryl methyl sites for hydroxylation is 1. The molecular formula is C26H25F3N6O3. The first kappa shape index (κ1) is 25.4. The Labute approximate surface area is 216 Å². The number of hydrogen-bond acceptors (Lipinski definition) is 8. The lowest BCUT2D eigenvalue weighted by Crippen LogP contribution is -2.08. The van der Waals surface area contributed by atoms with Crippen LogP contribution in [0.15, 0.2) is 43.0 Å². The zero-order valence-corrected chi connectivity index (χ0v) is 21.2. The molecule has 9 nitrogen and oxygen atoms in total. The summed E-state index contributed by atoms with van der Waals surface area (Å²) >= 11 is 0. The number of halogens is 3. The molecule has 38 heavy (non-hydrogen) atoms. The molecule has 12 heteroatoms. The molecule has 198 valence electrons. The van der Waals surface area contributed by atoms with Gasteiger partial charge in [-0.15, -0.1) is 0 Å². The van der Waals surface area contributed by atoms with Gasteiger partial charge in [-0.3, -0.25) is 0 Å². The summed E-state index contributed by atoms with van der Waals surface area (Å²) in [5.74, 6) is 1.82. The molecule has 0 aliphatic heterocycles. The van der Waals surface area contributed by atoms with E-state index in [4.69, 9.17) is 14.2 Å². The summed E-state index contributed by atoms with van der Waals surface area (Å²) in [6.45, 7) is 1.83. The zero-order valence-electron chi connectivity index (χ0n) is 21.2. The molecule has 1 aliphatic rings. The second-order valence-corrected chi connectivity index (χ2v) is 8.93. The SMILES string of the molecule is COc1cnc(-c2c(OC)ncnc2C2CC2)nc1O[C@@H](C)c1ccc(-c2nc(C(F)(F)F)cn2C)cc1. The summed E-state index contributed by atoms with van der Waals surface area (Å²) < 4.78 is 57.6. The monoisotopic (exact) mass is 526 g/mol. The minimum Gasteiger partial charge on any atom is -0.490 e. The highest BCUT2D eigenvalue weighted by molar-refractivity contribution is 5.66. The normalized spacial score (nSPS) is 14.3. The first-order valence-corrected chi connectivity index (χ1v) is 11.9. The summed E-state index contributed by atoms with van der Waals surface area (Å²) in [4.78, 5) is 21.5. The number of alkyl halides is 3. The Bertz CT molecular complexity index is 1450. The molecule has 0 unspecified atom stereocenters. The summed E-state index contributed by atoms with van der Waals surface area (Å²) in [5, 5.41) is 0. The number of aromatic nitrogens is 6. The van der Waals surface area contributed by atoms with Crippen LogP contribution in [0.2, 0.25) is 0 Å². The van der Waals surface area contributed by atoms with E-state index < -0.39 is 18.0 Å². The van der Waals surface area contributed by atoms with Crippen molar-refractivity contribution in [2.75, 3.05) is 14.2 Å². The fourth-order valence-corrected chi connectivity index (χ4v) is 4.12. The van der Waals surface area contributed by atoms with Crippen molar-refractivity contribution in [2.24, 2.45) is 7.05 Å². The predicted octanol–water partition coefficient (Wildman–Crippen LogP) is 5.39. The molecule has 1 saturated carbocycles. The lowest BCUT2D eigenvalue weighted by atomic mass is 10.1. The van der Waals surface area contributed by atoms with Gasteiger partial charge in [0.25, 0.3) is 5.88 Å². The van der Waals surface area contributed by atoms with E-state index >= 15 is 0 Å². The van der Waals surface area contributed by atoms with Crippen LogP contribution in [0.3, 0.4) is 0 Å². The van der Waals surface area contributed by atoms with E-state index in [1.807, 2.05) is 6.92 Å². The Balaban J connectivity index is 1.42. The third-order valence-electron chi connectivity index (χ3n) is 6.26. The topological polar surface area (TPSA) is 97.1 Å². The van der Waals surface area contributed by atoms with Gasteiger partial charge >= 0.3 is 6.18 Å². The second kappa shape index (κ2) is 9.92. The fourth-order valence-electron chi connectivity index (χ4n) is 4.12. The number of rotatable bonds is 8. The van der Waals surface area contributed by atoms with Gasteiger partial charge in [0.05, 0.1) is 26.1 Å². The summed E-state index contributed by atoms with van der Waals surface area (Å²) in [7, 11) is 4.55. The van der Waals surface area contributed by atoms with Gasteiger partial charge in [-0.2, -0.15) is 18.2 Å². The van der Waals surface area contributed by atoms with Crippen molar-refractivity contribution in [3.8, 4) is 40.3 Å². The molecule has 1 aliphatic carbocycles. The fraction of sp³-hybridized carbons (Fsp3) is 0.346. The maximum Gasteiger partial charge on any atom is 0.434 e. The van der Waals surface area contributed by atoms with E-state index in [9.17, 15) is 13.2 Å². The van der Waals surface area contributed by atoms with Crippen molar-refractivity contribution < 1.29 is 27.4 Å². The molecule has 3 heterocycles. The Hall–Kier alpha value is -4.22. The molecule has 0 N–H and O–H groups in total. The third kappa shape index (κ3) is 4.98. The molecule has 0 bridgehead atoms. The van der Waals surface area contributed by atoms with E-state index in [0.29, 0.717) is 34.5 Å². The van der Waals surface area contributed by atoms with E-state index in [0.717, 1.165) is 30.3 Å². The molecule has 0 amide bonds. The van der Waals surface area contributed by atoms with Crippen molar-refractivity contribution in [1.82, 2.24) is 29.5 Å². The molecule has 1 fully saturated rings. The van der Waals surface area contributed by atoms with Crippen molar-refractivity contribution in [3.63, 3.8) is 0 Å². The van der Waals surface area contributed by atoms with Crippen LogP contribution in [0.1, 0.15) is 48.7 Å². The average Bonchev–Trinajstić information content (AvgIpc) is 3.68. The molecule has 0 saturated heterocycles. The minimum atomic E-state index is -4.51. The highest BCUT2D eigenvalue weighted by atomic mass is 19.4. The molecule has 0 spiro atoms. The summed E-state index contributed by atoms with van der Waals surface area (Å²) in [6.07, 6.45) is 1.03. The van der Waals surface area contributed by atoms with Crippen LogP contribution in [-0.4, -0.2) is 43.7 Å². The van der Waals surface area contributed by atoms with E-state index in [-0.39, 0.29) is 11.7 Å². The van der Waals surface area contributed by atoms with E-state index in [1.165, 1.54) is 38.4 Å². The van der Waals surface area contributed by atoms with Gasteiger partial charge in [0.1, 0.15) is 23.8 Å². The molecule has 1 aromatic carbocycles.